The Morgan fingerprint density at radius 2 is 1.92 bits per heavy atom. The molecule has 134 valence electrons. The number of carbonyl (C=O) groups is 2. The first-order valence-corrected chi connectivity index (χ1v) is 8.74. The number of carbonyl (C=O) groups excluding carboxylic acids is 2. The summed E-state index contributed by atoms with van der Waals surface area (Å²) < 4.78 is 7.53. The number of ether oxygens (including phenoxy) is 1. The van der Waals surface area contributed by atoms with Crippen molar-refractivity contribution in [2.24, 2.45) is 7.05 Å². The molecular formula is C18H22BrN3O3. The van der Waals surface area contributed by atoms with Crippen molar-refractivity contribution in [1.29, 1.82) is 0 Å². The van der Waals surface area contributed by atoms with Crippen molar-refractivity contribution in [2.75, 3.05) is 7.11 Å². The summed E-state index contributed by atoms with van der Waals surface area (Å²) in [5.74, 6) is -0.703. The van der Waals surface area contributed by atoms with E-state index in [2.05, 4.69) is 26.3 Å². The van der Waals surface area contributed by atoms with E-state index in [-0.39, 0.29) is 12.3 Å². The van der Waals surface area contributed by atoms with Gasteiger partial charge in [-0.2, -0.15) is 5.10 Å². The van der Waals surface area contributed by atoms with Crippen LogP contribution in [-0.2, 0) is 27.8 Å². The van der Waals surface area contributed by atoms with Crippen LogP contribution in [0.2, 0.25) is 0 Å². The van der Waals surface area contributed by atoms with Gasteiger partial charge in [0.2, 0.25) is 5.91 Å². The van der Waals surface area contributed by atoms with E-state index < -0.39 is 12.0 Å². The van der Waals surface area contributed by atoms with Gasteiger partial charge in [0.25, 0.3) is 0 Å². The van der Waals surface area contributed by atoms with Gasteiger partial charge in [-0.3, -0.25) is 9.48 Å². The quantitative estimate of drug-likeness (QED) is 0.747. The SMILES string of the molecule is COC(=O)C(NC(=O)CCc1c(C)nn(C)c1C)c1ccc(Br)cc1. The van der Waals surface area contributed by atoms with Gasteiger partial charge >= 0.3 is 5.97 Å². The molecule has 7 heteroatoms. The van der Waals surface area contributed by atoms with E-state index in [1.54, 1.807) is 12.1 Å². The Balaban J connectivity index is 2.06. The highest BCUT2D eigenvalue weighted by molar-refractivity contribution is 9.10. The van der Waals surface area contributed by atoms with E-state index in [4.69, 9.17) is 4.74 Å². The Kier molecular flexibility index (Phi) is 6.36. The van der Waals surface area contributed by atoms with Crippen molar-refractivity contribution in [3.05, 3.63) is 51.3 Å². The first-order chi connectivity index (χ1) is 11.8. The number of aromatic nitrogens is 2. The first kappa shape index (κ1) is 19.2. The highest BCUT2D eigenvalue weighted by Gasteiger charge is 2.23. The lowest BCUT2D eigenvalue weighted by atomic mass is 10.1. The molecule has 1 aromatic carbocycles. The van der Waals surface area contributed by atoms with Crippen LogP contribution in [0.15, 0.2) is 28.7 Å². The predicted octanol–water partition coefficient (Wildman–Crippen LogP) is 2.76. The lowest BCUT2D eigenvalue weighted by Crippen LogP contribution is -2.34. The third kappa shape index (κ3) is 4.69. The molecule has 0 aliphatic heterocycles. The molecule has 0 saturated carbocycles. The van der Waals surface area contributed by atoms with E-state index in [9.17, 15) is 9.59 Å². The molecule has 1 amide bonds. The number of hydrogen-bond acceptors (Lipinski definition) is 4. The van der Waals surface area contributed by atoms with Crippen molar-refractivity contribution in [1.82, 2.24) is 15.1 Å². The molecule has 1 heterocycles. The van der Waals surface area contributed by atoms with Gasteiger partial charge in [-0.15, -0.1) is 0 Å². The van der Waals surface area contributed by atoms with Crippen molar-refractivity contribution in [2.45, 2.75) is 32.7 Å². The summed E-state index contributed by atoms with van der Waals surface area (Å²) in [4.78, 5) is 24.4. The smallest absolute Gasteiger partial charge is 0.333 e. The van der Waals surface area contributed by atoms with Crippen molar-refractivity contribution >= 4 is 27.8 Å². The molecule has 25 heavy (non-hydrogen) atoms. The molecular weight excluding hydrogens is 386 g/mol. The van der Waals surface area contributed by atoms with Crippen LogP contribution in [-0.4, -0.2) is 28.8 Å². The van der Waals surface area contributed by atoms with Crippen LogP contribution in [0.25, 0.3) is 0 Å². The first-order valence-electron chi connectivity index (χ1n) is 7.95. The number of halogens is 1. The molecule has 1 aromatic heterocycles. The van der Waals surface area contributed by atoms with Gasteiger partial charge in [0.1, 0.15) is 0 Å². The summed E-state index contributed by atoms with van der Waals surface area (Å²) in [6.07, 6.45) is 0.850. The van der Waals surface area contributed by atoms with Gasteiger partial charge in [-0.25, -0.2) is 4.79 Å². The van der Waals surface area contributed by atoms with Gasteiger partial charge in [0.15, 0.2) is 6.04 Å². The van der Waals surface area contributed by atoms with Crippen LogP contribution < -0.4 is 5.32 Å². The zero-order valence-electron chi connectivity index (χ0n) is 14.8. The predicted molar refractivity (Wildman–Crippen MR) is 98.0 cm³/mol. The number of nitrogens with one attached hydrogen (secondary N) is 1. The highest BCUT2D eigenvalue weighted by atomic mass is 79.9. The zero-order chi connectivity index (χ0) is 18.6. The van der Waals surface area contributed by atoms with E-state index in [0.717, 1.165) is 21.4 Å². The Morgan fingerprint density at radius 1 is 1.28 bits per heavy atom. The molecule has 0 aliphatic rings. The van der Waals surface area contributed by atoms with Gasteiger partial charge in [0.05, 0.1) is 12.8 Å². The number of esters is 1. The Hall–Kier alpha value is -2.15. The summed E-state index contributed by atoms with van der Waals surface area (Å²) >= 11 is 3.35. The zero-order valence-corrected chi connectivity index (χ0v) is 16.4. The molecule has 0 radical (unpaired) electrons. The molecule has 0 spiro atoms. The Morgan fingerprint density at radius 3 is 2.44 bits per heavy atom. The summed E-state index contributed by atoms with van der Waals surface area (Å²) in [5, 5.41) is 7.12. The van der Waals surface area contributed by atoms with Crippen molar-refractivity contribution < 1.29 is 14.3 Å². The lowest BCUT2D eigenvalue weighted by molar-refractivity contribution is -0.145. The van der Waals surface area contributed by atoms with E-state index >= 15 is 0 Å². The van der Waals surface area contributed by atoms with Gasteiger partial charge in [0, 0.05) is 23.6 Å². The standard InChI is InChI=1S/C18H22BrN3O3/c1-11-15(12(2)22(3)21-11)9-10-16(23)20-17(18(24)25-4)13-5-7-14(19)8-6-13/h5-8,17H,9-10H2,1-4H3,(H,20,23). The second kappa shape index (κ2) is 8.29. The van der Waals surface area contributed by atoms with Crippen LogP contribution in [0.5, 0.6) is 0 Å². The maximum absolute atomic E-state index is 12.4. The largest absolute Gasteiger partial charge is 0.467 e. The highest BCUT2D eigenvalue weighted by Crippen LogP contribution is 2.19. The van der Waals surface area contributed by atoms with Crippen LogP contribution in [0, 0.1) is 13.8 Å². The summed E-state index contributed by atoms with van der Waals surface area (Å²) in [6, 6.07) is 6.38. The summed E-state index contributed by atoms with van der Waals surface area (Å²) in [5.41, 5.74) is 3.71. The van der Waals surface area contributed by atoms with E-state index in [0.29, 0.717) is 12.0 Å². The topological polar surface area (TPSA) is 73.2 Å². The number of nitrogens with zero attached hydrogens (tertiary/aromatic N) is 2. The van der Waals surface area contributed by atoms with Gasteiger partial charge in [-0.05, 0) is 43.5 Å². The van der Waals surface area contributed by atoms with Crippen molar-refractivity contribution in [3.8, 4) is 0 Å². The molecule has 0 saturated heterocycles. The molecule has 1 atom stereocenters. The fourth-order valence-corrected chi connectivity index (χ4v) is 2.97. The monoisotopic (exact) mass is 407 g/mol. The maximum atomic E-state index is 12.4. The summed E-state index contributed by atoms with van der Waals surface area (Å²) in [6.45, 7) is 3.91. The molecule has 1 N–H and O–H groups in total. The second-order valence-electron chi connectivity index (χ2n) is 5.85. The Labute approximate surface area is 155 Å². The average molecular weight is 408 g/mol. The molecule has 1 unspecified atom stereocenters. The van der Waals surface area contributed by atoms with Crippen LogP contribution >= 0.6 is 15.9 Å². The van der Waals surface area contributed by atoms with Gasteiger partial charge < -0.3 is 10.1 Å². The van der Waals surface area contributed by atoms with Crippen LogP contribution in [0.3, 0.4) is 0 Å². The molecule has 2 aromatic rings. The maximum Gasteiger partial charge on any atom is 0.333 e. The number of aryl methyl sites for hydroxylation is 2. The van der Waals surface area contributed by atoms with Crippen LogP contribution in [0.1, 0.15) is 35.0 Å². The molecule has 2 rings (SSSR count). The minimum absolute atomic E-state index is 0.207. The average Bonchev–Trinajstić information content (AvgIpc) is 2.83. The number of benzene rings is 1. The third-order valence-corrected chi connectivity index (χ3v) is 4.74. The number of methoxy groups -OCH3 is 1. The van der Waals surface area contributed by atoms with Crippen LogP contribution in [0.4, 0.5) is 0 Å². The summed E-state index contributed by atoms with van der Waals surface area (Å²) in [7, 11) is 3.19. The number of amides is 1. The second-order valence-corrected chi connectivity index (χ2v) is 6.76. The van der Waals surface area contributed by atoms with E-state index in [1.807, 2.05) is 37.7 Å². The van der Waals surface area contributed by atoms with Crippen molar-refractivity contribution in [3.63, 3.8) is 0 Å². The Bertz CT molecular complexity index is 769. The van der Waals surface area contributed by atoms with E-state index in [1.165, 1.54) is 7.11 Å². The molecule has 0 fully saturated rings. The normalized spacial score (nSPS) is 11.9. The fourth-order valence-electron chi connectivity index (χ4n) is 2.70. The molecule has 6 nitrogen and oxygen atoms in total. The third-order valence-electron chi connectivity index (χ3n) is 4.21. The minimum Gasteiger partial charge on any atom is -0.467 e. The van der Waals surface area contributed by atoms with Gasteiger partial charge in [-0.1, -0.05) is 28.1 Å². The lowest BCUT2D eigenvalue weighted by Gasteiger charge is -2.17. The fraction of sp³-hybridized carbons (Fsp3) is 0.389. The minimum atomic E-state index is -0.818. The molecule has 0 bridgehead atoms. The number of hydrogen-bond donors (Lipinski definition) is 1. The molecule has 0 aliphatic carbocycles. The number of rotatable bonds is 6.